The van der Waals surface area contributed by atoms with E-state index in [-0.39, 0.29) is 5.54 Å². The number of hydrogen-bond donors (Lipinski definition) is 2. The van der Waals surface area contributed by atoms with E-state index in [0.717, 1.165) is 19.5 Å². The van der Waals surface area contributed by atoms with E-state index in [4.69, 9.17) is 0 Å². The van der Waals surface area contributed by atoms with Gasteiger partial charge in [-0.05, 0) is 13.3 Å². The normalized spacial score (nSPS) is 38.8. The third-order valence-corrected chi connectivity index (χ3v) is 4.74. The summed E-state index contributed by atoms with van der Waals surface area (Å²) in [5, 5.41) is 6.57. The van der Waals surface area contributed by atoms with Crippen LogP contribution < -0.4 is 10.6 Å². The van der Waals surface area contributed by atoms with Crippen molar-refractivity contribution in [3.05, 3.63) is 0 Å². The van der Waals surface area contributed by atoms with Crippen LogP contribution in [0.4, 0.5) is 0 Å². The molecule has 13 heavy (non-hydrogen) atoms. The quantitative estimate of drug-likeness (QED) is 0.613. The van der Waals surface area contributed by atoms with Crippen LogP contribution in [0.5, 0.6) is 0 Å². The average molecular weight is 204 g/mol. The van der Waals surface area contributed by atoms with Gasteiger partial charge < -0.3 is 10.6 Å². The van der Waals surface area contributed by atoms with Gasteiger partial charge >= 0.3 is 0 Å². The van der Waals surface area contributed by atoms with Crippen LogP contribution in [0.1, 0.15) is 13.3 Å². The van der Waals surface area contributed by atoms with Gasteiger partial charge in [0.25, 0.3) is 0 Å². The molecule has 0 amide bonds. The van der Waals surface area contributed by atoms with Gasteiger partial charge in [0, 0.05) is 24.7 Å². The molecule has 5 heteroatoms. The molecular weight excluding hydrogens is 188 g/mol. The predicted molar refractivity (Wildman–Crippen MR) is 51.5 cm³/mol. The molecule has 0 radical (unpaired) electrons. The van der Waals surface area contributed by atoms with Gasteiger partial charge in [-0.15, -0.1) is 0 Å². The van der Waals surface area contributed by atoms with Crippen LogP contribution in [0.2, 0.25) is 0 Å². The molecule has 4 nitrogen and oxygen atoms in total. The van der Waals surface area contributed by atoms with Crippen molar-refractivity contribution in [2.75, 3.05) is 24.6 Å². The van der Waals surface area contributed by atoms with Crippen LogP contribution in [0.3, 0.4) is 0 Å². The lowest BCUT2D eigenvalue weighted by molar-refractivity contribution is 0.275. The van der Waals surface area contributed by atoms with E-state index in [1.807, 2.05) is 6.92 Å². The lowest BCUT2D eigenvalue weighted by atomic mass is 9.99. The molecule has 76 valence electrons. The predicted octanol–water partition coefficient (Wildman–Crippen LogP) is -0.875. The molecule has 0 bridgehead atoms. The fraction of sp³-hybridized carbons (Fsp3) is 1.00. The van der Waals surface area contributed by atoms with Crippen molar-refractivity contribution in [2.24, 2.45) is 0 Å². The second-order valence-corrected chi connectivity index (χ2v) is 6.59. The van der Waals surface area contributed by atoms with Gasteiger partial charge in [-0.1, -0.05) is 0 Å². The fourth-order valence-electron chi connectivity index (χ4n) is 2.01. The van der Waals surface area contributed by atoms with E-state index in [1.54, 1.807) is 0 Å². The summed E-state index contributed by atoms with van der Waals surface area (Å²) in [4.78, 5) is 0. The van der Waals surface area contributed by atoms with Crippen LogP contribution in [-0.2, 0) is 9.84 Å². The zero-order valence-electron chi connectivity index (χ0n) is 7.84. The van der Waals surface area contributed by atoms with Crippen molar-refractivity contribution in [3.63, 3.8) is 0 Å². The molecule has 1 unspecified atom stereocenters. The Kier molecular flexibility index (Phi) is 2.13. The van der Waals surface area contributed by atoms with Crippen molar-refractivity contribution >= 4 is 9.84 Å². The summed E-state index contributed by atoms with van der Waals surface area (Å²) in [6, 6.07) is 0.471. The van der Waals surface area contributed by atoms with Crippen molar-refractivity contribution < 1.29 is 8.42 Å². The minimum absolute atomic E-state index is 0.175. The highest BCUT2D eigenvalue weighted by Gasteiger charge is 2.40. The van der Waals surface area contributed by atoms with Crippen molar-refractivity contribution in [1.29, 1.82) is 0 Å². The first-order valence-corrected chi connectivity index (χ1v) is 6.50. The topological polar surface area (TPSA) is 58.2 Å². The first-order valence-electron chi connectivity index (χ1n) is 4.68. The first kappa shape index (κ1) is 9.43. The minimum atomic E-state index is -2.77. The molecule has 1 atom stereocenters. The van der Waals surface area contributed by atoms with E-state index in [0.29, 0.717) is 17.5 Å². The van der Waals surface area contributed by atoms with Gasteiger partial charge in [0.15, 0.2) is 9.84 Å². The average Bonchev–Trinajstić information content (AvgIpc) is 2.19. The Bertz CT molecular complexity index is 297. The Hall–Kier alpha value is -0.130. The largest absolute Gasteiger partial charge is 0.314 e. The monoisotopic (exact) mass is 204 g/mol. The van der Waals surface area contributed by atoms with Crippen LogP contribution in [-0.4, -0.2) is 44.6 Å². The zero-order chi connectivity index (χ0) is 9.53. The smallest absolute Gasteiger partial charge is 0.152 e. The van der Waals surface area contributed by atoms with Gasteiger partial charge in [-0.2, -0.15) is 0 Å². The fourth-order valence-corrected chi connectivity index (χ4v) is 4.11. The Balaban J connectivity index is 1.97. The number of nitrogens with one attached hydrogen (secondary N) is 2. The third-order valence-electron chi connectivity index (χ3n) is 2.84. The van der Waals surface area contributed by atoms with Crippen molar-refractivity contribution in [2.45, 2.75) is 24.9 Å². The zero-order valence-corrected chi connectivity index (χ0v) is 8.65. The molecule has 2 fully saturated rings. The molecular formula is C8H16N2O2S. The molecule has 0 aromatic rings. The second kappa shape index (κ2) is 2.93. The van der Waals surface area contributed by atoms with Crippen LogP contribution in [0, 0.1) is 0 Å². The molecule has 0 aliphatic carbocycles. The number of rotatable bonds is 2. The van der Waals surface area contributed by atoms with E-state index in [9.17, 15) is 8.42 Å². The second-order valence-electron chi connectivity index (χ2n) is 4.40. The Labute approximate surface area is 79.0 Å². The Morgan fingerprint density at radius 3 is 2.54 bits per heavy atom. The lowest BCUT2D eigenvalue weighted by Crippen LogP contribution is -2.62. The van der Waals surface area contributed by atoms with Gasteiger partial charge in [-0.25, -0.2) is 8.42 Å². The molecule has 0 aromatic carbocycles. The molecule has 2 heterocycles. The molecule has 2 aliphatic rings. The maximum Gasteiger partial charge on any atom is 0.152 e. The molecule has 2 aliphatic heterocycles. The SMILES string of the molecule is CC1(NC2CNC2)CCS(=O)(=O)C1. The van der Waals surface area contributed by atoms with Crippen LogP contribution in [0.25, 0.3) is 0 Å². The Morgan fingerprint density at radius 2 is 2.15 bits per heavy atom. The molecule has 2 saturated heterocycles. The van der Waals surface area contributed by atoms with Gasteiger partial charge in [0.05, 0.1) is 11.5 Å². The summed E-state index contributed by atoms with van der Waals surface area (Å²) >= 11 is 0. The summed E-state index contributed by atoms with van der Waals surface area (Å²) in [5.74, 6) is 0.646. The molecule has 2 N–H and O–H groups in total. The summed E-state index contributed by atoms with van der Waals surface area (Å²) < 4.78 is 22.6. The summed E-state index contributed by atoms with van der Waals surface area (Å²) in [5.41, 5.74) is -0.175. The lowest BCUT2D eigenvalue weighted by Gasteiger charge is -2.36. The van der Waals surface area contributed by atoms with E-state index in [1.165, 1.54) is 0 Å². The summed E-state index contributed by atoms with van der Waals surface area (Å²) in [7, 11) is -2.77. The molecule has 0 aromatic heterocycles. The van der Waals surface area contributed by atoms with Crippen LogP contribution in [0.15, 0.2) is 0 Å². The van der Waals surface area contributed by atoms with E-state index >= 15 is 0 Å². The third kappa shape index (κ3) is 2.03. The van der Waals surface area contributed by atoms with Crippen molar-refractivity contribution in [3.8, 4) is 0 Å². The van der Waals surface area contributed by atoms with Crippen molar-refractivity contribution in [1.82, 2.24) is 10.6 Å². The maximum absolute atomic E-state index is 11.3. The standard InChI is InChI=1S/C8H16N2O2S/c1-8(10-7-4-9-5-7)2-3-13(11,12)6-8/h7,9-10H,2-6H2,1H3. The number of hydrogen-bond acceptors (Lipinski definition) is 4. The van der Waals surface area contributed by atoms with Gasteiger partial charge in [-0.3, -0.25) is 0 Å². The highest BCUT2D eigenvalue weighted by Crippen LogP contribution is 2.23. The number of sulfone groups is 1. The first-order chi connectivity index (χ1) is 5.99. The van der Waals surface area contributed by atoms with E-state index in [2.05, 4.69) is 10.6 Å². The Morgan fingerprint density at radius 1 is 1.46 bits per heavy atom. The maximum atomic E-state index is 11.3. The highest BCUT2D eigenvalue weighted by atomic mass is 32.2. The van der Waals surface area contributed by atoms with Gasteiger partial charge in [0.2, 0.25) is 0 Å². The minimum Gasteiger partial charge on any atom is -0.314 e. The molecule has 0 spiro atoms. The summed E-state index contributed by atoms with van der Waals surface area (Å²) in [6.07, 6.45) is 0.756. The highest BCUT2D eigenvalue weighted by molar-refractivity contribution is 7.91. The van der Waals surface area contributed by atoms with Gasteiger partial charge in [0.1, 0.15) is 0 Å². The summed E-state index contributed by atoms with van der Waals surface area (Å²) in [6.45, 7) is 3.95. The molecule has 2 rings (SSSR count). The molecule has 0 saturated carbocycles. The van der Waals surface area contributed by atoms with Crippen LogP contribution >= 0.6 is 0 Å². The van der Waals surface area contributed by atoms with E-state index < -0.39 is 9.84 Å².